The Morgan fingerprint density at radius 2 is 2.00 bits per heavy atom. The topological polar surface area (TPSA) is 58.6 Å². The monoisotopic (exact) mass is 382 g/mol. The predicted octanol–water partition coefficient (Wildman–Crippen LogP) is 4.13. The van der Waals surface area contributed by atoms with E-state index in [0.717, 1.165) is 35.3 Å². The summed E-state index contributed by atoms with van der Waals surface area (Å²) in [5, 5.41) is 2.85. The second-order valence-electron chi connectivity index (χ2n) is 6.95. The second-order valence-corrected chi connectivity index (χ2v) is 8.02. The summed E-state index contributed by atoms with van der Waals surface area (Å²) in [5.74, 6) is 1.30. The van der Waals surface area contributed by atoms with Crippen molar-refractivity contribution in [1.82, 2.24) is 0 Å². The molecule has 0 radical (unpaired) electrons. The molecule has 0 spiro atoms. The Hall–Kier alpha value is -2.47. The summed E-state index contributed by atoms with van der Waals surface area (Å²) >= 11 is 1.57. The summed E-state index contributed by atoms with van der Waals surface area (Å²) in [5.41, 5.74) is 3.54. The largest absolute Gasteiger partial charge is 0.495 e. The fraction of sp³-hybridized carbons (Fsp3) is 0.333. The number of anilines is 2. The van der Waals surface area contributed by atoms with Crippen LogP contribution in [0.3, 0.4) is 0 Å². The van der Waals surface area contributed by atoms with Crippen LogP contribution in [0.25, 0.3) is 0 Å². The van der Waals surface area contributed by atoms with Crippen LogP contribution in [0.1, 0.15) is 29.3 Å². The number of thioether (sulfide) groups is 1. The highest BCUT2D eigenvalue weighted by atomic mass is 32.2. The minimum atomic E-state index is -0.205. The van der Waals surface area contributed by atoms with Gasteiger partial charge < -0.3 is 10.1 Å². The van der Waals surface area contributed by atoms with E-state index in [1.807, 2.05) is 49.4 Å². The van der Waals surface area contributed by atoms with Crippen molar-refractivity contribution in [3.05, 3.63) is 53.6 Å². The molecule has 1 N–H and O–H groups in total. The van der Waals surface area contributed by atoms with E-state index in [4.69, 9.17) is 4.74 Å². The van der Waals surface area contributed by atoms with Crippen LogP contribution in [-0.4, -0.2) is 24.7 Å². The number of amides is 2. The van der Waals surface area contributed by atoms with Crippen LogP contribution in [0.4, 0.5) is 11.4 Å². The molecular formula is C21H22N2O3S. The smallest absolute Gasteiger partial charge is 0.238 e. The molecule has 1 unspecified atom stereocenters. The molecular weight excluding hydrogens is 360 g/mol. The standard InChI is InChI=1S/C21H22N2O3S/c1-13-7-10-18(26-2)17(11-13)23-19(24)12-27-21(23)15-5-3-4-6-16(15)22-20(25)14-8-9-14/h3-7,10-11,14,21H,8-9,12H2,1-2H3,(H,22,25). The first-order valence-corrected chi connectivity index (χ1v) is 10.1. The lowest BCUT2D eigenvalue weighted by Crippen LogP contribution is -2.29. The maximum absolute atomic E-state index is 12.8. The maximum Gasteiger partial charge on any atom is 0.238 e. The Balaban J connectivity index is 1.72. The lowest BCUT2D eigenvalue weighted by molar-refractivity contribution is -0.117. The highest BCUT2D eigenvalue weighted by molar-refractivity contribution is 8.00. The average molecular weight is 382 g/mol. The molecule has 2 aromatic rings. The number of nitrogens with zero attached hydrogens (tertiary/aromatic N) is 1. The van der Waals surface area contributed by atoms with E-state index < -0.39 is 0 Å². The molecule has 6 heteroatoms. The number of aryl methyl sites for hydroxylation is 1. The molecule has 1 aliphatic heterocycles. The molecule has 1 atom stereocenters. The zero-order chi connectivity index (χ0) is 19.0. The molecule has 4 rings (SSSR count). The van der Waals surface area contributed by atoms with E-state index in [1.54, 1.807) is 23.8 Å². The third kappa shape index (κ3) is 3.54. The first-order chi connectivity index (χ1) is 13.1. The quantitative estimate of drug-likeness (QED) is 0.845. The van der Waals surface area contributed by atoms with Crippen molar-refractivity contribution >= 4 is 35.0 Å². The number of methoxy groups -OCH3 is 1. The summed E-state index contributed by atoms with van der Waals surface area (Å²) < 4.78 is 5.51. The van der Waals surface area contributed by atoms with Gasteiger partial charge in [0.15, 0.2) is 0 Å². The van der Waals surface area contributed by atoms with Crippen molar-refractivity contribution in [3.63, 3.8) is 0 Å². The first kappa shape index (κ1) is 17.9. The van der Waals surface area contributed by atoms with Crippen LogP contribution >= 0.6 is 11.8 Å². The molecule has 1 aliphatic carbocycles. The normalized spacial score (nSPS) is 19.3. The van der Waals surface area contributed by atoms with Gasteiger partial charge in [-0.25, -0.2) is 0 Å². The molecule has 0 aromatic heterocycles. The Labute approximate surface area is 163 Å². The molecule has 1 saturated carbocycles. The van der Waals surface area contributed by atoms with Crippen LogP contribution in [0.2, 0.25) is 0 Å². The van der Waals surface area contributed by atoms with Crippen molar-refractivity contribution < 1.29 is 14.3 Å². The summed E-state index contributed by atoms with van der Waals surface area (Å²) in [6, 6.07) is 13.6. The van der Waals surface area contributed by atoms with Gasteiger partial charge in [-0.15, -0.1) is 11.8 Å². The maximum atomic E-state index is 12.8. The van der Waals surface area contributed by atoms with Gasteiger partial charge in [0, 0.05) is 17.2 Å². The van der Waals surface area contributed by atoms with Crippen LogP contribution in [-0.2, 0) is 9.59 Å². The molecule has 2 aromatic carbocycles. The third-order valence-corrected chi connectivity index (χ3v) is 6.09. The van der Waals surface area contributed by atoms with Crippen LogP contribution in [0.5, 0.6) is 5.75 Å². The van der Waals surface area contributed by atoms with Crippen molar-refractivity contribution in [2.75, 3.05) is 23.1 Å². The van der Waals surface area contributed by atoms with E-state index in [-0.39, 0.29) is 23.1 Å². The summed E-state index contributed by atoms with van der Waals surface area (Å²) in [6.45, 7) is 2.00. The number of para-hydroxylation sites is 1. The highest BCUT2D eigenvalue weighted by Gasteiger charge is 2.37. The minimum Gasteiger partial charge on any atom is -0.495 e. The summed E-state index contributed by atoms with van der Waals surface area (Å²) in [6.07, 6.45) is 1.91. The van der Waals surface area contributed by atoms with Gasteiger partial charge in [-0.3, -0.25) is 14.5 Å². The van der Waals surface area contributed by atoms with E-state index in [0.29, 0.717) is 11.5 Å². The van der Waals surface area contributed by atoms with Crippen molar-refractivity contribution in [2.45, 2.75) is 25.1 Å². The fourth-order valence-corrected chi connectivity index (χ4v) is 4.51. The predicted molar refractivity (Wildman–Crippen MR) is 108 cm³/mol. The van der Waals surface area contributed by atoms with Gasteiger partial charge in [0.25, 0.3) is 0 Å². The molecule has 5 nitrogen and oxygen atoms in total. The number of hydrogen-bond donors (Lipinski definition) is 1. The summed E-state index contributed by atoms with van der Waals surface area (Å²) in [4.78, 5) is 26.8. The number of rotatable bonds is 5. The fourth-order valence-electron chi connectivity index (χ4n) is 3.31. The number of carbonyl (C=O) groups is 2. The molecule has 1 heterocycles. The van der Waals surface area contributed by atoms with Crippen LogP contribution in [0.15, 0.2) is 42.5 Å². The van der Waals surface area contributed by atoms with Gasteiger partial charge in [-0.2, -0.15) is 0 Å². The van der Waals surface area contributed by atoms with Crippen LogP contribution in [0, 0.1) is 12.8 Å². The minimum absolute atomic E-state index is 0.0391. The van der Waals surface area contributed by atoms with Gasteiger partial charge >= 0.3 is 0 Å². The Bertz CT molecular complexity index is 895. The van der Waals surface area contributed by atoms with Crippen molar-refractivity contribution in [2.24, 2.45) is 5.92 Å². The van der Waals surface area contributed by atoms with Gasteiger partial charge in [0.05, 0.1) is 18.6 Å². The molecule has 2 aliphatic rings. The molecule has 140 valence electrons. The SMILES string of the molecule is COc1ccc(C)cc1N1C(=O)CSC1c1ccccc1NC(=O)C1CC1. The molecule has 1 saturated heterocycles. The lowest BCUT2D eigenvalue weighted by atomic mass is 10.1. The zero-order valence-corrected chi connectivity index (χ0v) is 16.2. The Kier molecular flexibility index (Phi) is 4.83. The van der Waals surface area contributed by atoms with E-state index in [1.165, 1.54) is 0 Å². The third-order valence-electron chi connectivity index (χ3n) is 4.89. The first-order valence-electron chi connectivity index (χ1n) is 9.06. The van der Waals surface area contributed by atoms with Gasteiger partial charge in [-0.1, -0.05) is 24.3 Å². The number of nitrogens with one attached hydrogen (secondary N) is 1. The molecule has 27 heavy (non-hydrogen) atoms. The average Bonchev–Trinajstić information content (AvgIpc) is 3.45. The van der Waals surface area contributed by atoms with Crippen molar-refractivity contribution in [1.29, 1.82) is 0 Å². The van der Waals surface area contributed by atoms with E-state index >= 15 is 0 Å². The Morgan fingerprint density at radius 3 is 2.74 bits per heavy atom. The van der Waals surface area contributed by atoms with E-state index in [2.05, 4.69) is 5.32 Å². The highest BCUT2D eigenvalue weighted by Crippen LogP contribution is 2.47. The number of carbonyl (C=O) groups excluding carboxylic acids is 2. The number of benzene rings is 2. The van der Waals surface area contributed by atoms with Gasteiger partial charge in [-0.05, 0) is 43.5 Å². The lowest BCUT2D eigenvalue weighted by Gasteiger charge is -2.27. The van der Waals surface area contributed by atoms with Gasteiger partial charge in [0.1, 0.15) is 11.1 Å². The molecule has 2 amide bonds. The summed E-state index contributed by atoms with van der Waals surface area (Å²) in [7, 11) is 1.61. The number of ether oxygens (including phenoxy) is 1. The molecule has 0 bridgehead atoms. The van der Waals surface area contributed by atoms with Crippen LogP contribution < -0.4 is 15.0 Å². The zero-order valence-electron chi connectivity index (χ0n) is 15.4. The van der Waals surface area contributed by atoms with Crippen molar-refractivity contribution in [3.8, 4) is 5.75 Å². The van der Waals surface area contributed by atoms with E-state index in [9.17, 15) is 9.59 Å². The van der Waals surface area contributed by atoms with Gasteiger partial charge in [0.2, 0.25) is 11.8 Å². The Morgan fingerprint density at radius 1 is 1.22 bits per heavy atom. The number of hydrogen-bond acceptors (Lipinski definition) is 4. The molecule has 2 fully saturated rings. The second kappa shape index (κ2) is 7.27.